The van der Waals surface area contributed by atoms with E-state index in [2.05, 4.69) is 9.72 Å². The Morgan fingerprint density at radius 2 is 2.03 bits per heavy atom. The monoisotopic (exact) mass is 496 g/mol. The molecule has 2 aromatic rings. The van der Waals surface area contributed by atoms with Gasteiger partial charge in [0.2, 0.25) is 0 Å². The van der Waals surface area contributed by atoms with Crippen LogP contribution in [0.5, 0.6) is 11.8 Å². The number of hydrogen-bond donors (Lipinski definition) is 0. The van der Waals surface area contributed by atoms with Crippen molar-refractivity contribution in [2.24, 2.45) is 13.0 Å². The van der Waals surface area contributed by atoms with E-state index in [1.807, 2.05) is 0 Å². The zero-order valence-corrected chi connectivity index (χ0v) is 18.9. The van der Waals surface area contributed by atoms with Crippen molar-refractivity contribution in [3.05, 3.63) is 17.7 Å². The molecule has 3 atom stereocenters. The van der Waals surface area contributed by atoms with Gasteiger partial charge in [0.1, 0.15) is 29.5 Å². The van der Waals surface area contributed by atoms with Gasteiger partial charge in [-0.1, -0.05) is 6.92 Å². The molecule has 1 aromatic carbocycles. The maximum atomic E-state index is 14.7. The van der Waals surface area contributed by atoms with E-state index in [1.165, 1.54) is 20.9 Å². The van der Waals surface area contributed by atoms with Gasteiger partial charge < -0.3 is 19.0 Å². The van der Waals surface area contributed by atoms with Gasteiger partial charge in [0, 0.05) is 31.9 Å². The number of benzene rings is 1. The number of ketones is 1. The Labute approximate surface area is 192 Å². The van der Waals surface area contributed by atoms with E-state index in [4.69, 9.17) is 9.47 Å². The number of fused-ring (bicyclic) bond motifs is 1. The molecule has 1 aromatic heterocycles. The molecular formula is C22H26F6N2O4. The third kappa shape index (κ3) is 5.94. The molecule has 34 heavy (non-hydrogen) atoms. The molecule has 6 nitrogen and oxygen atoms in total. The van der Waals surface area contributed by atoms with Crippen LogP contribution >= 0.6 is 0 Å². The minimum atomic E-state index is -3.07. The molecular weight excluding hydrogens is 470 g/mol. The molecule has 1 aliphatic rings. The molecule has 12 heteroatoms. The van der Waals surface area contributed by atoms with E-state index in [9.17, 15) is 31.1 Å². The predicted molar refractivity (Wildman–Crippen MR) is 110 cm³/mol. The summed E-state index contributed by atoms with van der Waals surface area (Å²) in [5, 5.41) is 0. The van der Waals surface area contributed by atoms with E-state index in [-0.39, 0.29) is 42.3 Å². The summed E-state index contributed by atoms with van der Waals surface area (Å²) < 4.78 is 99.6. The molecule has 1 fully saturated rings. The van der Waals surface area contributed by atoms with Crippen LogP contribution in [0.15, 0.2) is 6.07 Å². The third-order valence-corrected chi connectivity index (χ3v) is 5.74. The number of halogens is 6. The largest absolute Gasteiger partial charge is 0.484 e. The van der Waals surface area contributed by atoms with Crippen molar-refractivity contribution >= 4 is 16.8 Å². The molecule has 0 amide bonds. The second-order valence-electron chi connectivity index (χ2n) is 8.57. The van der Waals surface area contributed by atoms with Gasteiger partial charge in [0.25, 0.3) is 18.4 Å². The Hall–Kier alpha value is -2.50. The number of rotatable bonds is 10. The number of aromatic nitrogens is 2. The molecule has 0 radical (unpaired) electrons. The molecule has 0 saturated carbocycles. The lowest BCUT2D eigenvalue weighted by Gasteiger charge is -2.32. The van der Waals surface area contributed by atoms with Crippen molar-refractivity contribution in [1.29, 1.82) is 0 Å². The molecule has 190 valence electrons. The maximum Gasteiger partial charge on any atom is 0.297 e. The summed E-state index contributed by atoms with van der Waals surface area (Å²) in [4.78, 5) is 15.1. The fourth-order valence-electron chi connectivity index (χ4n) is 3.89. The van der Waals surface area contributed by atoms with Crippen molar-refractivity contribution in [3.8, 4) is 11.8 Å². The summed E-state index contributed by atoms with van der Waals surface area (Å²) in [6.07, 6.45) is -4.36. The highest BCUT2D eigenvalue weighted by atomic mass is 19.3. The van der Waals surface area contributed by atoms with Gasteiger partial charge in [0.05, 0.1) is 12.7 Å². The number of carbonyl (C=O) groups is 1. The van der Waals surface area contributed by atoms with Crippen molar-refractivity contribution in [2.45, 2.75) is 64.1 Å². The second-order valence-corrected chi connectivity index (χ2v) is 8.57. The number of carbonyl (C=O) groups excluding carboxylic acids is 1. The standard InChI is InChI=1S/C22H26F6N2O4/c1-11(6-12(2)31)22(27,28)8-13-4-5-14(9-32-13)34-21-29-19-15(23)7-16(33-10-17(24)25)18(26)20(19)30(21)3/h7,11,13-14,17H,4-6,8-10H2,1-3H3/t11-,13-,14+/m0/s1. The first-order valence-electron chi connectivity index (χ1n) is 10.8. The molecule has 2 heterocycles. The van der Waals surface area contributed by atoms with Crippen LogP contribution in [0, 0.1) is 17.6 Å². The lowest BCUT2D eigenvalue weighted by molar-refractivity contribution is -0.135. The Bertz CT molecular complexity index is 1020. The zero-order chi connectivity index (χ0) is 25.2. The average molecular weight is 496 g/mol. The summed E-state index contributed by atoms with van der Waals surface area (Å²) >= 11 is 0. The molecule has 0 unspecified atom stereocenters. The third-order valence-electron chi connectivity index (χ3n) is 5.74. The molecule has 0 aliphatic carbocycles. The van der Waals surface area contributed by atoms with Crippen LogP contribution in [-0.4, -0.2) is 53.1 Å². The van der Waals surface area contributed by atoms with Crippen LogP contribution in [0.4, 0.5) is 26.3 Å². The van der Waals surface area contributed by atoms with Crippen molar-refractivity contribution in [3.63, 3.8) is 0 Å². The Morgan fingerprint density at radius 3 is 2.62 bits per heavy atom. The highest BCUT2D eigenvalue weighted by molar-refractivity contribution is 5.80. The molecule has 0 N–H and O–H groups in total. The fraction of sp³-hybridized carbons (Fsp3) is 0.636. The first-order valence-corrected chi connectivity index (χ1v) is 10.8. The number of nitrogens with zero attached hydrogens (tertiary/aromatic N) is 2. The average Bonchev–Trinajstić information content (AvgIpc) is 3.07. The maximum absolute atomic E-state index is 14.7. The van der Waals surface area contributed by atoms with E-state index in [0.717, 1.165) is 4.57 Å². The number of Topliss-reactive ketones (excluding diaryl/α,β-unsaturated/α-hetero) is 1. The summed E-state index contributed by atoms with van der Waals surface area (Å²) in [7, 11) is 1.35. The van der Waals surface area contributed by atoms with Gasteiger partial charge in [-0.25, -0.2) is 26.3 Å². The van der Waals surface area contributed by atoms with Crippen LogP contribution in [0.2, 0.25) is 0 Å². The van der Waals surface area contributed by atoms with E-state index < -0.39 is 60.9 Å². The summed E-state index contributed by atoms with van der Waals surface area (Å²) in [5.74, 6) is -7.21. The van der Waals surface area contributed by atoms with Gasteiger partial charge in [-0.3, -0.25) is 4.57 Å². The smallest absolute Gasteiger partial charge is 0.297 e. The highest BCUT2D eigenvalue weighted by Crippen LogP contribution is 2.36. The van der Waals surface area contributed by atoms with Gasteiger partial charge in [-0.05, 0) is 19.8 Å². The molecule has 3 rings (SSSR count). The number of hydrogen-bond acceptors (Lipinski definition) is 5. The predicted octanol–water partition coefficient (Wildman–Crippen LogP) is 5.06. The number of imidazole rings is 1. The number of ether oxygens (including phenoxy) is 3. The minimum absolute atomic E-state index is 0.0429. The van der Waals surface area contributed by atoms with Crippen molar-refractivity contribution in [2.75, 3.05) is 13.2 Å². The zero-order valence-electron chi connectivity index (χ0n) is 18.9. The van der Waals surface area contributed by atoms with Crippen LogP contribution in [-0.2, 0) is 16.6 Å². The van der Waals surface area contributed by atoms with E-state index in [1.54, 1.807) is 0 Å². The quantitative estimate of drug-likeness (QED) is 0.431. The molecule has 1 saturated heterocycles. The highest BCUT2D eigenvalue weighted by Gasteiger charge is 2.41. The Morgan fingerprint density at radius 1 is 1.32 bits per heavy atom. The van der Waals surface area contributed by atoms with Gasteiger partial charge >= 0.3 is 0 Å². The molecule has 0 bridgehead atoms. The first kappa shape index (κ1) is 26.1. The minimum Gasteiger partial charge on any atom is -0.484 e. The summed E-state index contributed by atoms with van der Waals surface area (Å²) in [5.41, 5.74) is -0.693. The topological polar surface area (TPSA) is 62.6 Å². The summed E-state index contributed by atoms with van der Waals surface area (Å²) in [6.45, 7) is 1.45. The molecule has 0 spiro atoms. The lowest BCUT2D eigenvalue weighted by atomic mass is 9.91. The van der Waals surface area contributed by atoms with Crippen LogP contribution in [0.3, 0.4) is 0 Å². The number of aryl methyl sites for hydroxylation is 1. The molecule has 1 aliphatic heterocycles. The number of alkyl halides is 4. The van der Waals surface area contributed by atoms with Gasteiger partial charge in [-0.2, -0.15) is 4.98 Å². The van der Waals surface area contributed by atoms with Crippen molar-refractivity contribution in [1.82, 2.24) is 9.55 Å². The Kier molecular flexibility index (Phi) is 7.99. The lowest BCUT2D eigenvalue weighted by Crippen LogP contribution is -2.39. The SMILES string of the molecule is CC(=O)C[C@H](C)C(F)(F)C[C@@H]1CC[C@@H](Oc2nc3c(F)cc(OCC(F)F)c(F)c3n2C)CO1. The van der Waals surface area contributed by atoms with Crippen molar-refractivity contribution < 1.29 is 45.3 Å². The van der Waals surface area contributed by atoms with Gasteiger partial charge in [0.15, 0.2) is 17.4 Å². The fourth-order valence-corrected chi connectivity index (χ4v) is 3.89. The van der Waals surface area contributed by atoms with E-state index in [0.29, 0.717) is 12.5 Å². The summed E-state index contributed by atoms with van der Waals surface area (Å²) in [6, 6.07) is 0.490. The van der Waals surface area contributed by atoms with Crippen LogP contribution in [0.1, 0.15) is 39.5 Å². The first-order chi connectivity index (χ1) is 15.9. The van der Waals surface area contributed by atoms with Crippen LogP contribution in [0.25, 0.3) is 11.0 Å². The Balaban J connectivity index is 1.66. The van der Waals surface area contributed by atoms with Crippen LogP contribution < -0.4 is 9.47 Å². The normalized spacial score (nSPS) is 20.1. The van der Waals surface area contributed by atoms with E-state index >= 15 is 0 Å². The second kappa shape index (κ2) is 10.4. The van der Waals surface area contributed by atoms with Gasteiger partial charge in [-0.15, -0.1) is 0 Å².